The van der Waals surface area contributed by atoms with Crippen LogP contribution in [0, 0.1) is 0 Å². The molecule has 2 atom stereocenters. The molecule has 0 bridgehead atoms. The number of hydrogen-bond acceptors (Lipinski definition) is 3. The summed E-state index contributed by atoms with van der Waals surface area (Å²) in [4.78, 5) is 2.14. The van der Waals surface area contributed by atoms with E-state index >= 15 is 0 Å². The number of rotatable bonds is 1. The maximum Gasteiger partial charge on any atom is 0.0820 e. The molecule has 0 spiro atoms. The van der Waals surface area contributed by atoms with Gasteiger partial charge in [-0.1, -0.05) is 10.8 Å². The zero-order valence-electron chi connectivity index (χ0n) is 6.57. The Labute approximate surface area is 79.5 Å². The first-order valence-electron chi connectivity index (χ1n) is 2.88. The van der Waals surface area contributed by atoms with E-state index in [1.165, 1.54) is 0 Å². The van der Waals surface area contributed by atoms with Crippen molar-refractivity contribution in [3.63, 3.8) is 0 Å². The smallest absolute Gasteiger partial charge is 0.0820 e. The van der Waals surface area contributed by atoms with Crippen LogP contribution in [0.5, 0.6) is 0 Å². The van der Waals surface area contributed by atoms with Crippen LogP contribution in [-0.2, 0) is 9.83 Å². The largest absolute Gasteiger partial charge is 0.412 e. The molecule has 6 heteroatoms. The number of nitrogens with zero attached hydrogens (tertiary/aromatic N) is 1. The average Bonchev–Trinajstić information content (AvgIpc) is 2.14. The van der Waals surface area contributed by atoms with Crippen LogP contribution >= 0.6 is 23.2 Å². The molecule has 2 unspecified atom stereocenters. The van der Waals surface area contributed by atoms with E-state index in [-0.39, 0.29) is 17.9 Å². The fraction of sp³-hybridized carbons (Fsp3) is 1.00. The molecule has 1 saturated heterocycles. The van der Waals surface area contributed by atoms with Crippen molar-refractivity contribution in [2.24, 2.45) is 0 Å². The molecule has 3 nitrogen and oxygen atoms in total. The second-order valence-corrected chi connectivity index (χ2v) is 5.70. The lowest BCUT2D eigenvalue weighted by Crippen LogP contribution is -2.30. The van der Waals surface area contributed by atoms with E-state index in [0.717, 1.165) is 11.5 Å². The van der Waals surface area contributed by atoms with Crippen LogP contribution in [0.4, 0.5) is 0 Å². The van der Waals surface area contributed by atoms with Gasteiger partial charge in [-0.15, -0.1) is 12.4 Å². The van der Waals surface area contributed by atoms with Gasteiger partial charge >= 0.3 is 0 Å². The molecule has 70 valence electrons. The summed E-state index contributed by atoms with van der Waals surface area (Å²) < 4.78 is 10.8. The lowest BCUT2D eigenvalue weighted by molar-refractivity contribution is 0.346. The van der Waals surface area contributed by atoms with Crippen molar-refractivity contribution in [1.29, 1.82) is 0 Å². The highest BCUT2D eigenvalue weighted by atomic mass is 35.5. The number of hydrogen-bond donors (Lipinski definition) is 0. The van der Waals surface area contributed by atoms with Crippen LogP contribution in [0.25, 0.3) is 0 Å². The summed E-state index contributed by atoms with van der Waals surface area (Å²) in [7, 11) is 5.04. The van der Waals surface area contributed by atoms with Crippen LogP contribution < -0.4 is 0 Å². The monoisotopic (exact) mass is 219 g/mol. The van der Waals surface area contributed by atoms with Gasteiger partial charge in [0.15, 0.2) is 0 Å². The van der Waals surface area contributed by atoms with E-state index < -0.39 is 9.83 Å². The Kier molecular flexibility index (Phi) is 8.10. The summed E-state index contributed by atoms with van der Waals surface area (Å²) in [6, 6.07) is 0.538. The molecule has 0 radical (unpaired) electrons. The van der Waals surface area contributed by atoms with Gasteiger partial charge < -0.3 is 10.4 Å². The molecule has 2 N–H and O–H groups in total. The van der Waals surface area contributed by atoms with Gasteiger partial charge in [-0.25, -0.2) is 4.21 Å². The van der Waals surface area contributed by atoms with Crippen molar-refractivity contribution >= 4 is 33.0 Å². The van der Waals surface area contributed by atoms with Gasteiger partial charge in [0, 0.05) is 11.8 Å². The lowest BCUT2D eigenvalue weighted by atomic mass is 10.4. The molecule has 0 aliphatic carbocycles. The second kappa shape index (κ2) is 6.25. The summed E-state index contributed by atoms with van der Waals surface area (Å²) in [6.45, 7) is 0. The van der Waals surface area contributed by atoms with Gasteiger partial charge in [0.1, 0.15) is 0 Å². The molecule has 1 rings (SSSR count). The quantitative estimate of drug-likeness (QED) is 0.580. The van der Waals surface area contributed by atoms with Gasteiger partial charge in [0.2, 0.25) is 0 Å². The predicted octanol–water partition coefficient (Wildman–Crippen LogP) is -0.0758. The first-order chi connectivity index (χ1) is 4.20. The van der Waals surface area contributed by atoms with E-state index in [0.29, 0.717) is 6.04 Å². The maximum absolute atomic E-state index is 10.8. The van der Waals surface area contributed by atoms with E-state index in [1.807, 2.05) is 14.1 Å². The van der Waals surface area contributed by atoms with Gasteiger partial charge in [-0.2, -0.15) is 0 Å². The molecular weight excluding hydrogens is 206 g/mol. The summed E-state index contributed by atoms with van der Waals surface area (Å²) in [5, 5.41) is 0. The average molecular weight is 220 g/mol. The van der Waals surface area contributed by atoms with Crippen LogP contribution in [0.1, 0.15) is 0 Å². The minimum absolute atomic E-state index is 0. The third-order valence-corrected chi connectivity index (χ3v) is 4.50. The Hall–Kier alpha value is 0.710. The van der Waals surface area contributed by atoms with Crippen molar-refractivity contribution in [3.8, 4) is 0 Å². The van der Waals surface area contributed by atoms with Crippen molar-refractivity contribution < 1.29 is 9.69 Å². The molecular formula is C5H14ClNO2S2. The summed E-state index contributed by atoms with van der Waals surface area (Å²) in [5.74, 6) is 1.87. The SMILES string of the molecule is CN(C)C1CSS(=O)C1.Cl.O. The first kappa shape index (κ1) is 14.2. The maximum atomic E-state index is 10.8. The third-order valence-electron chi connectivity index (χ3n) is 1.45. The molecule has 11 heavy (non-hydrogen) atoms. The topological polar surface area (TPSA) is 51.8 Å². The molecule has 0 saturated carbocycles. The first-order valence-corrected chi connectivity index (χ1v) is 5.70. The summed E-state index contributed by atoms with van der Waals surface area (Å²) in [6.07, 6.45) is 0. The van der Waals surface area contributed by atoms with Crippen molar-refractivity contribution in [2.75, 3.05) is 25.6 Å². The molecule has 0 amide bonds. The normalized spacial score (nSPS) is 29.4. The highest BCUT2D eigenvalue weighted by Crippen LogP contribution is 2.21. The zero-order chi connectivity index (χ0) is 6.85. The zero-order valence-corrected chi connectivity index (χ0v) is 9.02. The fourth-order valence-corrected chi connectivity index (χ4v) is 4.09. The minimum atomic E-state index is -0.598. The van der Waals surface area contributed by atoms with Crippen LogP contribution in [0.15, 0.2) is 0 Å². The summed E-state index contributed by atoms with van der Waals surface area (Å²) >= 11 is 0. The Morgan fingerprint density at radius 2 is 2.09 bits per heavy atom. The number of halogens is 1. The molecule has 0 aromatic heterocycles. The Balaban J connectivity index is 0. The van der Waals surface area contributed by atoms with Gasteiger partial charge in [0.05, 0.1) is 15.6 Å². The fourth-order valence-electron chi connectivity index (χ4n) is 0.706. The summed E-state index contributed by atoms with van der Waals surface area (Å²) in [5.41, 5.74) is 0. The van der Waals surface area contributed by atoms with Gasteiger partial charge in [-0.05, 0) is 14.1 Å². The van der Waals surface area contributed by atoms with Crippen molar-refractivity contribution in [3.05, 3.63) is 0 Å². The highest BCUT2D eigenvalue weighted by Gasteiger charge is 2.22. The predicted molar refractivity (Wildman–Crippen MR) is 53.8 cm³/mol. The molecule has 1 heterocycles. The Bertz CT molecular complexity index is 134. The van der Waals surface area contributed by atoms with E-state index in [4.69, 9.17) is 0 Å². The Morgan fingerprint density at radius 1 is 1.55 bits per heavy atom. The third kappa shape index (κ3) is 4.32. The van der Waals surface area contributed by atoms with E-state index in [9.17, 15) is 4.21 Å². The minimum Gasteiger partial charge on any atom is -0.412 e. The molecule has 0 aromatic rings. The molecule has 1 aliphatic rings. The lowest BCUT2D eigenvalue weighted by Gasteiger charge is -2.15. The molecule has 1 aliphatic heterocycles. The van der Waals surface area contributed by atoms with Crippen molar-refractivity contribution in [1.82, 2.24) is 4.90 Å². The van der Waals surface area contributed by atoms with Crippen molar-refractivity contribution in [2.45, 2.75) is 6.04 Å². The van der Waals surface area contributed by atoms with E-state index in [1.54, 1.807) is 10.8 Å². The van der Waals surface area contributed by atoms with Crippen LogP contribution in [0.2, 0.25) is 0 Å². The standard InChI is InChI=1S/C5H11NOS2.ClH.H2O/c1-6(2)5-3-8-9(7)4-5;;/h5H,3-4H2,1-2H3;1H;1H2. The van der Waals surface area contributed by atoms with Gasteiger partial charge in [0.25, 0.3) is 0 Å². The molecule has 1 fully saturated rings. The Morgan fingerprint density at radius 3 is 2.27 bits per heavy atom. The van der Waals surface area contributed by atoms with Gasteiger partial charge in [-0.3, -0.25) is 0 Å². The molecule has 0 aromatic carbocycles. The van der Waals surface area contributed by atoms with Crippen LogP contribution in [0.3, 0.4) is 0 Å². The second-order valence-electron chi connectivity index (χ2n) is 2.37. The highest BCUT2D eigenvalue weighted by molar-refractivity contribution is 8.69. The van der Waals surface area contributed by atoms with E-state index in [2.05, 4.69) is 4.90 Å². The van der Waals surface area contributed by atoms with Crippen LogP contribution in [-0.4, -0.2) is 46.2 Å².